The smallest absolute Gasteiger partial charge is 0.311 e. The fourth-order valence-corrected chi connectivity index (χ4v) is 11.7. The Balaban J connectivity index is 1.43. The van der Waals surface area contributed by atoms with Crippen LogP contribution in [0.15, 0.2) is 35.4 Å². The number of carbonyl (C=O) groups is 1. The largest absolute Gasteiger partial charge is 0.459 e. The molecule has 0 amide bonds. The molecule has 1 aromatic heterocycles. The molecule has 0 aliphatic carbocycles. The maximum atomic E-state index is 14.5. The molecular weight excluding hydrogens is 958 g/mol. The summed E-state index contributed by atoms with van der Waals surface area (Å²) in [5.41, 5.74) is -3.27. The Labute approximate surface area is 426 Å². The number of aliphatic hydroxyl groups excluding tert-OH is 3. The van der Waals surface area contributed by atoms with Gasteiger partial charge >= 0.3 is 5.97 Å². The minimum absolute atomic E-state index is 0.0771. The summed E-state index contributed by atoms with van der Waals surface area (Å²) in [5.74, 6) is -2.91. The van der Waals surface area contributed by atoms with Crippen LogP contribution in [0.25, 0.3) is 0 Å². The van der Waals surface area contributed by atoms with Gasteiger partial charge in [0.25, 0.3) is 0 Å². The summed E-state index contributed by atoms with van der Waals surface area (Å²) in [6.45, 7) is 17.4. The molecule has 0 bridgehead atoms. The molecule has 5 rings (SSSR count). The summed E-state index contributed by atoms with van der Waals surface area (Å²) in [6, 6.07) is 4.57. The summed E-state index contributed by atoms with van der Waals surface area (Å²) in [5, 5.41) is 68.2. The van der Waals surface area contributed by atoms with Gasteiger partial charge in [-0.25, -0.2) is 17.5 Å². The number of alkyl halides is 1. The van der Waals surface area contributed by atoms with Gasteiger partial charge in [-0.15, -0.1) is 5.10 Å². The molecule has 0 unspecified atom stereocenters. The number of sulfone groups is 1. The molecule has 3 aliphatic heterocycles. The minimum atomic E-state index is -3.38. The van der Waals surface area contributed by atoms with E-state index in [2.05, 4.69) is 10.3 Å². The molecule has 19 atom stereocenters. The number of aromatic nitrogens is 3. The highest BCUT2D eigenvalue weighted by Gasteiger charge is 2.53. The number of aliphatic hydroxyl groups is 5. The third-order valence-electron chi connectivity index (χ3n) is 15.8. The summed E-state index contributed by atoms with van der Waals surface area (Å²) < 4.78 is 77.9. The van der Waals surface area contributed by atoms with Crippen LogP contribution in [0.3, 0.4) is 0 Å². The minimum Gasteiger partial charge on any atom is -0.459 e. The Bertz CT molecular complexity index is 2150. The Morgan fingerprint density at radius 3 is 2.24 bits per heavy atom. The predicted octanol–water partition coefficient (Wildman–Crippen LogP) is 3.26. The second-order valence-corrected chi connectivity index (χ2v) is 24.1. The summed E-state index contributed by atoms with van der Waals surface area (Å²) in [6.07, 6.45) is -6.07. The van der Waals surface area contributed by atoms with Crippen molar-refractivity contribution < 1.29 is 71.6 Å². The highest BCUT2D eigenvalue weighted by atomic mass is 32.2. The molecule has 5 N–H and O–H groups in total. The topological polar surface area (TPSA) is 245 Å². The number of carbonyl (C=O) groups excluding carboxylic acids is 1. The first-order valence-corrected chi connectivity index (χ1v) is 27.4. The highest BCUT2D eigenvalue weighted by molar-refractivity contribution is 7.90. The van der Waals surface area contributed by atoms with Crippen LogP contribution >= 0.6 is 0 Å². The van der Waals surface area contributed by atoms with Gasteiger partial charge in [0.2, 0.25) is 0 Å². The van der Waals surface area contributed by atoms with Crippen molar-refractivity contribution in [2.75, 3.05) is 47.2 Å². The lowest BCUT2D eigenvalue weighted by atomic mass is 9.77. The van der Waals surface area contributed by atoms with E-state index < -0.39 is 131 Å². The molecule has 0 saturated carbocycles. The molecule has 21 heteroatoms. The predicted molar refractivity (Wildman–Crippen MR) is 265 cm³/mol. The number of hydrogen-bond donors (Lipinski definition) is 5. The van der Waals surface area contributed by atoms with E-state index in [0.29, 0.717) is 31.6 Å². The van der Waals surface area contributed by atoms with Gasteiger partial charge in [-0.2, -0.15) is 0 Å². The van der Waals surface area contributed by atoms with Crippen LogP contribution in [-0.4, -0.2) is 202 Å². The molecule has 72 heavy (non-hydrogen) atoms. The lowest BCUT2D eigenvalue weighted by Gasteiger charge is -2.49. The molecule has 4 heterocycles. The molecule has 3 aliphatic rings. The van der Waals surface area contributed by atoms with E-state index in [1.807, 2.05) is 37.7 Å². The van der Waals surface area contributed by atoms with Gasteiger partial charge in [-0.1, -0.05) is 38.1 Å². The van der Waals surface area contributed by atoms with Crippen LogP contribution in [0.4, 0.5) is 4.39 Å². The van der Waals surface area contributed by atoms with Gasteiger partial charge in [0.05, 0.1) is 58.2 Å². The third-order valence-corrected chi connectivity index (χ3v) is 16.9. The summed E-state index contributed by atoms with van der Waals surface area (Å²) in [4.78, 5) is 18.5. The van der Waals surface area contributed by atoms with Crippen molar-refractivity contribution in [3.05, 3.63) is 41.7 Å². The molecule has 0 radical (unpaired) electrons. The fourth-order valence-electron chi connectivity index (χ4n) is 11.1. The number of cyclic esters (lactones) is 1. The number of benzene rings is 1. The molecular formula is C51H86FN5O14S. The molecule has 0 spiro atoms. The average Bonchev–Trinajstić information content (AvgIpc) is 3.79. The molecule has 3 saturated heterocycles. The number of hydrogen-bond acceptors (Lipinski definition) is 18. The fraction of sp³-hybridized carbons (Fsp3) is 0.824. The van der Waals surface area contributed by atoms with Crippen LogP contribution in [0, 0.1) is 17.8 Å². The Kier molecular flexibility index (Phi) is 20.4. The first kappa shape index (κ1) is 60.1. The normalized spacial score (nSPS) is 39.8. The van der Waals surface area contributed by atoms with Crippen LogP contribution in [0.1, 0.15) is 112 Å². The maximum Gasteiger partial charge on any atom is 0.311 e. The Hall–Kier alpha value is -2.77. The zero-order valence-corrected chi connectivity index (χ0v) is 45.7. The molecule has 412 valence electrons. The van der Waals surface area contributed by atoms with Gasteiger partial charge < -0.3 is 63.8 Å². The van der Waals surface area contributed by atoms with E-state index in [9.17, 15) is 43.1 Å². The van der Waals surface area contributed by atoms with Crippen molar-refractivity contribution >= 4 is 15.8 Å². The number of nitrogens with zero attached hydrogens (tertiary/aromatic N) is 5. The lowest BCUT2D eigenvalue weighted by molar-refractivity contribution is -0.318. The lowest BCUT2D eigenvalue weighted by Crippen LogP contribution is -2.61. The first-order valence-electron chi connectivity index (χ1n) is 25.5. The Morgan fingerprint density at radius 1 is 0.986 bits per heavy atom. The van der Waals surface area contributed by atoms with E-state index in [-0.39, 0.29) is 36.5 Å². The first-order chi connectivity index (χ1) is 33.5. The average molecular weight is 1040 g/mol. The second-order valence-electron chi connectivity index (χ2n) is 22.1. The SMILES string of the molecule is CC[C@H]1OC(=O)[C@H](C)[C@@H](O[C@H]2C[C@@](C)(OC)[C@@H](O)[C@H](C)O2)[C@H](C)[C@@H](O[C@@H]2O[C@H](C)C[C@H](N(C)CCc3cn([C@H](CF)Cc4ccc(S(C)(=O)=O)cc4)nn3)[C@H]2O)[C@](C)(O)C[C@@H](C)CN(C)[C@H](C)[C@@H](O)[C@]1(C)O. The van der Waals surface area contributed by atoms with E-state index in [1.54, 1.807) is 66.8 Å². The molecule has 2 aromatic rings. The third kappa shape index (κ3) is 14.2. The van der Waals surface area contributed by atoms with E-state index in [4.69, 9.17) is 28.4 Å². The monoisotopic (exact) mass is 1040 g/mol. The number of rotatable bonds is 15. The number of ether oxygens (including phenoxy) is 6. The zero-order valence-electron chi connectivity index (χ0n) is 44.9. The number of likely N-dealkylation sites (N-methyl/N-ethyl adjacent to an activating group) is 2. The standard InChI is InChI=1S/C51H86FN5O14S/c1-15-40-51(10,63)44(59)33(6)56(12)27-29(2)24-49(8,62)46(31(4)43(32(5)47(61)69-40)70-41-25-50(9,66-13)45(60)34(7)68-41)71-48-42(58)39(22-30(3)67-48)55(11)21-20-36-28-57(54-53-36)37(26-52)23-35-16-18-38(19-17-35)72(14,64)65/h16-19,28-34,37,39-46,48,58-60,62-63H,15,20-27H2,1-14H3/t29-,30-,31+,32-,33-,34+,37+,39+,40-,41+,42-,43+,44-,45+,46-,48+,49-,50-,51-/m1/s1. The van der Waals surface area contributed by atoms with Gasteiger partial charge in [0.15, 0.2) is 22.4 Å². The number of halogens is 1. The van der Waals surface area contributed by atoms with Crippen molar-refractivity contribution in [2.45, 2.75) is 209 Å². The zero-order chi connectivity index (χ0) is 53.8. The van der Waals surface area contributed by atoms with Crippen molar-refractivity contribution in [2.24, 2.45) is 17.8 Å². The van der Waals surface area contributed by atoms with E-state index >= 15 is 0 Å². The maximum absolute atomic E-state index is 14.5. The van der Waals surface area contributed by atoms with Crippen LogP contribution in [0.5, 0.6) is 0 Å². The van der Waals surface area contributed by atoms with Crippen molar-refractivity contribution in [1.29, 1.82) is 0 Å². The quantitative estimate of drug-likeness (QED) is 0.161. The number of esters is 1. The van der Waals surface area contributed by atoms with E-state index in [1.165, 1.54) is 30.8 Å². The molecule has 19 nitrogen and oxygen atoms in total. The van der Waals surface area contributed by atoms with Gasteiger partial charge in [0.1, 0.15) is 36.7 Å². The van der Waals surface area contributed by atoms with Gasteiger partial charge in [-0.3, -0.25) is 4.79 Å². The number of methoxy groups -OCH3 is 1. The van der Waals surface area contributed by atoms with Crippen molar-refractivity contribution in [3.8, 4) is 0 Å². The van der Waals surface area contributed by atoms with Crippen LogP contribution < -0.4 is 0 Å². The van der Waals surface area contributed by atoms with Crippen molar-refractivity contribution in [1.82, 2.24) is 24.8 Å². The van der Waals surface area contributed by atoms with Crippen LogP contribution in [-0.2, 0) is 55.9 Å². The Morgan fingerprint density at radius 2 is 1.64 bits per heavy atom. The van der Waals surface area contributed by atoms with Gasteiger partial charge in [0, 0.05) is 63.5 Å². The molecule has 3 fully saturated rings. The van der Waals surface area contributed by atoms with Crippen molar-refractivity contribution in [3.63, 3.8) is 0 Å². The van der Waals surface area contributed by atoms with Crippen LogP contribution in [0.2, 0.25) is 0 Å². The highest BCUT2D eigenvalue weighted by Crippen LogP contribution is 2.40. The van der Waals surface area contributed by atoms with E-state index in [0.717, 1.165) is 11.8 Å². The van der Waals surface area contributed by atoms with Gasteiger partial charge in [-0.05, 0) is 112 Å². The second kappa shape index (κ2) is 24.5. The summed E-state index contributed by atoms with van der Waals surface area (Å²) >= 11 is 0. The molecule has 1 aromatic carbocycles. The summed E-state index contributed by atoms with van der Waals surface area (Å²) in [7, 11) is 1.80.